The molecular weight excluding hydrogens is 316 g/mol. The molecule has 5 nitrogen and oxygen atoms in total. The highest BCUT2D eigenvalue weighted by atomic mass is 16.5. The molecule has 0 bridgehead atoms. The maximum Gasteiger partial charge on any atom is 0.123 e. The molecule has 0 spiro atoms. The molecular formula is C20H22N2O3. The summed E-state index contributed by atoms with van der Waals surface area (Å²) in [6.45, 7) is 1.27. The number of rotatable bonds is 8. The predicted octanol–water partition coefficient (Wildman–Crippen LogP) is 4.52. The molecule has 0 saturated heterocycles. The Morgan fingerprint density at radius 3 is 1.40 bits per heavy atom. The summed E-state index contributed by atoms with van der Waals surface area (Å²) in [5, 5.41) is 6.66. The summed E-state index contributed by atoms with van der Waals surface area (Å²) in [6.07, 6.45) is 0. The first-order chi connectivity index (χ1) is 12.3. The Kier molecular flexibility index (Phi) is 5.46. The fourth-order valence-electron chi connectivity index (χ4n) is 2.41. The van der Waals surface area contributed by atoms with E-state index >= 15 is 0 Å². The lowest BCUT2D eigenvalue weighted by molar-refractivity contribution is 0.415. The van der Waals surface area contributed by atoms with Crippen LogP contribution in [-0.4, -0.2) is 14.2 Å². The average Bonchev–Trinajstić information content (AvgIpc) is 3.13. The van der Waals surface area contributed by atoms with Crippen LogP contribution in [0.5, 0.6) is 11.5 Å². The fraction of sp³-hybridized carbons (Fsp3) is 0.200. The van der Waals surface area contributed by atoms with E-state index in [0.29, 0.717) is 13.1 Å². The van der Waals surface area contributed by atoms with Crippen molar-refractivity contribution < 1.29 is 13.9 Å². The number of benzene rings is 2. The van der Waals surface area contributed by atoms with Crippen molar-refractivity contribution >= 4 is 11.4 Å². The molecule has 3 rings (SSSR count). The van der Waals surface area contributed by atoms with Crippen LogP contribution < -0.4 is 20.1 Å². The van der Waals surface area contributed by atoms with Crippen molar-refractivity contribution in [2.75, 3.05) is 24.9 Å². The summed E-state index contributed by atoms with van der Waals surface area (Å²) in [4.78, 5) is 0. The van der Waals surface area contributed by atoms with Crippen LogP contribution in [0.1, 0.15) is 11.5 Å². The summed E-state index contributed by atoms with van der Waals surface area (Å²) >= 11 is 0. The highest BCUT2D eigenvalue weighted by Crippen LogP contribution is 2.18. The summed E-state index contributed by atoms with van der Waals surface area (Å²) in [5.41, 5.74) is 2.05. The van der Waals surface area contributed by atoms with Crippen LogP contribution in [-0.2, 0) is 13.1 Å². The Morgan fingerprint density at radius 1 is 0.640 bits per heavy atom. The van der Waals surface area contributed by atoms with Crippen molar-refractivity contribution in [1.82, 2.24) is 0 Å². The number of ether oxygens (including phenoxy) is 2. The van der Waals surface area contributed by atoms with Crippen LogP contribution in [0.4, 0.5) is 11.4 Å². The molecule has 3 aromatic rings. The third-order valence-electron chi connectivity index (χ3n) is 3.83. The van der Waals surface area contributed by atoms with Crippen molar-refractivity contribution in [2.24, 2.45) is 0 Å². The van der Waals surface area contributed by atoms with E-state index < -0.39 is 0 Å². The third-order valence-corrected chi connectivity index (χ3v) is 3.83. The zero-order valence-electron chi connectivity index (χ0n) is 14.4. The molecule has 2 N–H and O–H groups in total. The van der Waals surface area contributed by atoms with E-state index in [1.807, 2.05) is 60.7 Å². The van der Waals surface area contributed by atoms with Gasteiger partial charge in [-0.15, -0.1) is 0 Å². The van der Waals surface area contributed by atoms with Gasteiger partial charge in [-0.05, 0) is 60.7 Å². The van der Waals surface area contributed by atoms with Crippen molar-refractivity contribution in [1.29, 1.82) is 0 Å². The van der Waals surface area contributed by atoms with Crippen LogP contribution in [0.25, 0.3) is 0 Å². The van der Waals surface area contributed by atoms with Gasteiger partial charge in [0.25, 0.3) is 0 Å². The smallest absolute Gasteiger partial charge is 0.123 e. The molecule has 1 heterocycles. The van der Waals surface area contributed by atoms with Gasteiger partial charge < -0.3 is 24.5 Å². The number of hydrogen-bond donors (Lipinski definition) is 2. The standard InChI is InChI=1S/C20H22N2O3/c1-23-17-7-3-15(4-8-17)21-13-19-11-12-20(25-19)14-22-16-5-9-18(24-2)10-6-16/h3-12,21-22H,13-14H2,1-2H3. The molecule has 25 heavy (non-hydrogen) atoms. The maximum atomic E-state index is 5.84. The van der Waals surface area contributed by atoms with Crippen LogP contribution in [0.2, 0.25) is 0 Å². The molecule has 0 amide bonds. The highest BCUT2D eigenvalue weighted by molar-refractivity contribution is 5.47. The third kappa shape index (κ3) is 4.70. The molecule has 0 aliphatic carbocycles. The van der Waals surface area contributed by atoms with Gasteiger partial charge in [0.2, 0.25) is 0 Å². The van der Waals surface area contributed by atoms with E-state index in [9.17, 15) is 0 Å². The monoisotopic (exact) mass is 338 g/mol. The van der Waals surface area contributed by atoms with Gasteiger partial charge >= 0.3 is 0 Å². The lowest BCUT2D eigenvalue weighted by Crippen LogP contribution is -1.99. The highest BCUT2D eigenvalue weighted by Gasteiger charge is 2.03. The van der Waals surface area contributed by atoms with Crippen LogP contribution in [0, 0.1) is 0 Å². The van der Waals surface area contributed by atoms with E-state index in [0.717, 1.165) is 34.4 Å². The van der Waals surface area contributed by atoms with Crippen molar-refractivity contribution in [3.8, 4) is 11.5 Å². The fourth-order valence-corrected chi connectivity index (χ4v) is 2.41. The SMILES string of the molecule is COc1ccc(NCc2ccc(CNc3ccc(OC)cc3)o2)cc1. The summed E-state index contributed by atoms with van der Waals surface area (Å²) in [6, 6.07) is 19.6. The largest absolute Gasteiger partial charge is 0.497 e. The topological polar surface area (TPSA) is 55.7 Å². The molecule has 0 fully saturated rings. The van der Waals surface area contributed by atoms with Crippen molar-refractivity contribution in [3.05, 3.63) is 72.2 Å². The zero-order chi connectivity index (χ0) is 17.5. The normalized spacial score (nSPS) is 10.3. The average molecular weight is 338 g/mol. The molecule has 1 aromatic heterocycles. The number of furan rings is 1. The maximum absolute atomic E-state index is 5.84. The Balaban J connectivity index is 1.49. The van der Waals surface area contributed by atoms with Gasteiger partial charge in [0.15, 0.2) is 0 Å². The molecule has 0 saturated carbocycles. The lowest BCUT2D eigenvalue weighted by Gasteiger charge is -2.06. The minimum atomic E-state index is 0.634. The van der Waals surface area contributed by atoms with Crippen LogP contribution in [0.3, 0.4) is 0 Å². The van der Waals surface area contributed by atoms with E-state index in [1.165, 1.54) is 0 Å². The second-order valence-corrected chi connectivity index (χ2v) is 5.53. The van der Waals surface area contributed by atoms with E-state index in [-0.39, 0.29) is 0 Å². The molecule has 0 aliphatic rings. The van der Waals surface area contributed by atoms with Gasteiger partial charge in [0, 0.05) is 11.4 Å². The quantitative estimate of drug-likeness (QED) is 0.632. The minimum absolute atomic E-state index is 0.634. The Bertz CT molecular complexity index is 713. The molecule has 130 valence electrons. The van der Waals surface area contributed by atoms with Gasteiger partial charge in [0.05, 0.1) is 27.3 Å². The second kappa shape index (κ2) is 8.15. The zero-order valence-corrected chi connectivity index (χ0v) is 14.4. The first-order valence-corrected chi connectivity index (χ1v) is 8.10. The lowest BCUT2D eigenvalue weighted by atomic mass is 10.3. The summed E-state index contributed by atoms with van der Waals surface area (Å²) < 4.78 is 16.1. The Hall–Kier alpha value is -3.08. The Labute approximate surface area is 147 Å². The van der Waals surface area contributed by atoms with Crippen molar-refractivity contribution in [3.63, 3.8) is 0 Å². The molecule has 0 radical (unpaired) electrons. The summed E-state index contributed by atoms with van der Waals surface area (Å²) in [5.74, 6) is 3.47. The minimum Gasteiger partial charge on any atom is -0.497 e. The molecule has 0 atom stereocenters. The molecule has 0 aliphatic heterocycles. The van der Waals surface area contributed by atoms with E-state index in [1.54, 1.807) is 14.2 Å². The van der Waals surface area contributed by atoms with Gasteiger partial charge in [-0.3, -0.25) is 0 Å². The van der Waals surface area contributed by atoms with Gasteiger partial charge in [-0.2, -0.15) is 0 Å². The number of methoxy groups -OCH3 is 2. The number of hydrogen-bond acceptors (Lipinski definition) is 5. The van der Waals surface area contributed by atoms with E-state index in [2.05, 4.69) is 10.6 Å². The first kappa shape index (κ1) is 16.8. The predicted molar refractivity (Wildman–Crippen MR) is 99.3 cm³/mol. The van der Waals surface area contributed by atoms with Gasteiger partial charge in [0.1, 0.15) is 23.0 Å². The molecule has 0 unspecified atom stereocenters. The van der Waals surface area contributed by atoms with Crippen LogP contribution >= 0.6 is 0 Å². The first-order valence-electron chi connectivity index (χ1n) is 8.10. The Morgan fingerprint density at radius 2 is 1.04 bits per heavy atom. The number of anilines is 2. The molecule has 2 aromatic carbocycles. The van der Waals surface area contributed by atoms with Gasteiger partial charge in [-0.1, -0.05) is 0 Å². The second-order valence-electron chi connectivity index (χ2n) is 5.53. The van der Waals surface area contributed by atoms with Gasteiger partial charge in [-0.25, -0.2) is 0 Å². The summed E-state index contributed by atoms with van der Waals surface area (Å²) in [7, 11) is 3.32. The van der Waals surface area contributed by atoms with Crippen molar-refractivity contribution in [2.45, 2.75) is 13.1 Å². The number of nitrogens with one attached hydrogen (secondary N) is 2. The molecule has 5 heteroatoms. The van der Waals surface area contributed by atoms with Crippen LogP contribution in [0.15, 0.2) is 65.1 Å². The van der Waals surface area contributed by atoms with E-state index in [4.69, 9.17) is 13.9 Å².